The van der Waals surface area contributed by atoms with Crippen LogP contribution in [0.25, 0.3) is 0 Å². The first-order valence-electron chi connectivity index (χ1n) is 7.20. The third-order valence-electron chi connectivity index (χ3n) is 3.72. The van der Waals surface area contributed by atoms with Crippen molar-refractivity contribution in [2.75, 3.05) is 5.32 Å². The summed E-state index contributed by atoms with van der Waals surface area (Å²) >= 11 is 1.45. The number of hydrogen-bond donors (Lipinski definition) is 2. The first-order valence-corrected chi connectivity index (χ1v) is 8.08. The van der Waals surface area contributed by atoms with Gasteiger partial charge in [0.05, 0.1) is 0 Å². The molecule has 2 atom stereocenters. The maximum atomic E-state index is 12.0. The van der Waals surface area contributed by atoms with Crippen LogP contribution in [0.2, 0.25) is 0 Å². The van der Waals surface area contributed by atoms with Crippen LogP contribution in [0.4, 0.5) is 5.69 Å². The van der Waals surface area contributed by atoms with Crippen LogP contribution >= 0.6 is 11.8 Å². The Morgan fingerprint density at radius 1 is 1.17 bits per heavy atom. The predicted molar refractivity (Wildman–Crippen MR) is 89.1 cm³/mol. The lowest BCUT2D eigenvalue weighted by molar-refractivity contribution is -0.150. The van der Waals surface area contributed by atoms with Gasteiger partial charge in [-0.3, -0.25) is 9.59 Å². The van der Waals surface area contributed by atoms with E-state index in [4.69, 9.17) is 0 Å². The summed E-state index contributed by atoms with van der Waals surface area (Å²) in [6, 6.07) is 6.22. The Bertz CT molecular complexity index is 642. The Morgan fingerprint density at radius 3 is 2.17 bits per heavy atom. The number of carboxylic acid groups (broad SMARTS) is 1. The van der Waals surface area contributed by atoms with Crippen LogP contribution in [-0.4, -0.2) is 38.6 Å². The fourth-order valence-corrected chi connectivity index (χ4v) is 4.40. The summed E-state index contributed by atoms with van der Waals surface area (Å²) in [7, 11) is 0. The van der Waals surface area contributed by atoms with Crippen LogP contribution in [0.3, 0.4) is 0 Å². The Labute approximate surface area is 139 Å². The van der Waals surface area contributed by atoms with Gasteiger partial charge in [0.15, 0.2) is 0 Å². The molecule has 2 N–H and O–H groups in total. The predicted octanol–water partition coefficient (Wildman–Crippen LogP) is 2.47. The molecular weight excluding hydrogens is 316 g/mol. The van der Waals surface area contributed by atoms with E-state index in [9.17, 15) is 19.5 Å². The second kappa shape index (κ2) is 6.23. The number of rotatable bonds is 3. The standard InChI is InChI=1S/C16H20N2O4S/c1-9(19)17-12-7-5-11(6-8-12)14-18(10(2)20)13(15(21)22)16(3,4)23-14/h5-8,13-14H,1-4H3,(H,17,19)(H,21,22)/t13-,14-/m0/s1. The Kier molecular flexibility index (Phi) is 4.70. The number of nitrogens with zero attached hydrogens (tertiary/aromatic N) is 1. The van der Waals surface area contributed by atoms with Crippen LogP contribution in [0, 0.1) is 0 Å². The Balaban J connectivity index is 2.35. The van der Waals surface area contributed by atoms with Gasteiger partial charge >= 0.3 is 5.97 Å². The van der Waals surface area contributed by atoms with E-state index in [0.717, 1.165) is 5.56 Å². The van der Waals surface area contributed by atoms with Crippen molar-refractivity contribution < 1.29 is 19.5 Å². The molecule has 0 aromatic heterocycles. The molecule has 0 unspecified atom stereocenters. The number of benzene rings is 1. The summed E-state index contributed by atoms with van der Waals surface area (Å²) in [6.45, 7) is 6.48. The molecule has 6 nitrogen and oxygen atoms in total. The molecule has 124 valence electrons. The minimum atomic E-state index is -1.00. The quantitative estimate of drug-likeness (QED) is 0.885. The largest absolute Gasteiger partial charge is 0.480 e. The van der Waals surface area contributed by atoms with Crippen LogP contribution in [0.15, 0.2) is 24.3 Å². The topological polar surface area (TPSA) is 86.7 Å². The number of thioether (sulfide) groups is 1. The van der Waals surface area contributed by atoms with E-state index >= 15 is 0 Å². The van der Waals surface area contributed by atoms with E-state index in [1.165, 1.54) is 30.5 Å². The lowest BCUT2D eigenvalue weighted by atomic mass is 10.0. The van der Waals surface area contributed by atoms with E-state index in [0.29, 0.717) is 5.69 Å². The van der Waals surface area contributed by atoms with Crippen molar-refractivity contribution >= 4 is 35.2 Å². The molecular formula is C16H20N2O4S. The number of aliphatic carboxylic acids is 1. The zero-order valence-corrected chi connectivity index (χ0v) is 14.3. The molecule has 1 aromatic rings. The summed E-state index contributed by atoms with van der Waals surface area (Å²) in [5.74, 6) is -1.44. The van der Waals surface area contributed by atoms with Gasteiger partial charge in [-0.2, -0.15) is 0 Å². The summed E-state index contributed by atoms with van der Waals surface area (Å²) in [4.78, 5) is 36.1. The molecule has 2 rings (SSSR count). The molecule has 1 aliphatic rings. The van der Waals surface area contributed by atoms with Crippen LogP contribution < -0.4 is 5.32 Å². The number of carbonyl (C=O) groups excluding carboxylic acids is 2. The molecule has 0 radical (unpaired) electrons. The average Bonchev–Trinajstić information content (AvgIpc) is 2.70. The number of carbonyl (C=O) groups is 3. The van der Waals surface area contributed by atoms with Gasteiger partial charge in [0.2, 0.25) is 11.8 Å². The van der Waals surface area contributed by atoms with Crippen molar-refractivity contribution in [3.8, 4) is 0 Å². The highest BCUT2D eigenvalue weighted by Gasteiger charge is 2.52. The molecule has 1 aliphatic heterocycles. The summed E-state index contributed by atoms with van der Waals surface area (Å²) in [5.41, 5.74) is 1.49. The van der Waals surface area contributed by atoms with Crippen molar-refractivity contribution in [3.05, 3.63) is 29.8 Å². The minimum Gasteiger partial charge on any atom is -0.480 e. The third-order valence-corrected chi connectivity index (χ3v) is 5.27. The molecule has 1 fully saturated rings. The first-order chi connectivity index (χ1) is 10.6. The number of amides is 2. The molecule has 23 heavy (non-hydrogen) atoms. The second-order valence-corrected chi connectivity index (χ2v) is 7.78. The SMILES string of the molecule is CC(=O)Nc1ccc([C@@H]2SC(C)(C)[C@H](C(=O)O)N2C(C)=O)cc1. The molecule has 0 aliphatic carbocycles. The van der Waals surface area contributed by atoms with Crippen molar-refractivity contribution in [3.63, 3.8) is 0 Å². The molecule has 0 saturated carbocycles. The number of nitrogens with one attached hydrogen (secondary N) is 1. The van der Waals surface area contributed by atoms with E-state index in [2.05, 4.69) is 5.32 Å². The molecule has 0 spiro atoms. The van der Waals surface area contributed by atoms with Crippen molar-refractivity contribution in [2.24, 2.45) is 0 Å². The van der Waals surface area contributed by atoms with Gasteiger partial charge < -0.3 is 15.3 Å². The fourth-order valence-electron chi connectivity index (χ4n) is 2.81. The average molecular weight is 336 g/mol. The highest BCUT2D eigenvalue weighted by molar-refractivity contribution is 8.01. The molecule has 1 saturated heterocycles. The fraction of sp³-hybridized carbons (Fsp3) is 0.438. The lowest BCUT2D eigenvalue weighted by Crippen LogP contribution is -2.48. The highest BCUT2D eigenvalue weighted by atomic mass is 32.2. The lowest BCUT2D eigenvalue weighted by Gasteiger charge is -2.28. The normalized spacial score (nSPS) is 22.7. The van der Waals surface area contributed by atoms with Gasteiger partial charge in [-0.15, -0.1) is 11.8 Å². The van der Waals surface area contributed by atoms with Gasteiger partial charge in [0.25, 0.3) is 0 Å². The van der Waals surface area contributed by atoms with Gasteiger partial charge in [-0.1, -0.05) is 12.1 Å². The van der Waals surface area contributed by atoms with Crippen molar-refractivity contribution in [1.82, 2.24) is 4.90 Å². The van der Waals surface area contributed by atoms with Gasteiger partial charge in [-0.05, 0) is 31.5 Å². The van der Waals surface area contributed by atoms with Crippen LogP contribution in [-0.2, 0) is 14.4 Å². The molecule has 7 heteroatoms. The molecule has 0 bridgehead atoms. The Morgan fingerprint density at radius 2 is 1.74 bits per heavy atom. The van der Waals surface area contributed by atoms with Crippen molar-refractivity contribution in [2.45, 2.75) is 43.9 Å². The van der Waals surface area contributed by atoms with Crippen molar-refractivity contribution in [1.29, 1.82) is 0 Å². The first kappa shape index (κ1) is 17.3. The number of anilines is 1. The smallest absolute Gasteiger partial charge is 0.327 e. The third kappa shape index (κ3) is 3.50. The molecule has 2 amide bonds. The Hall–Kier alpha value is -2.02. The van der Waals surface area contributed by atoms with E-state index in [1.54, 1.807) is 24.3 Å². The van der Waals surface area contributed by atoms with Gasteiger partial charge in [0.1, 0.15) is 11.4 Å². The van der Waals surface area contributed by atoms with E-state index in [-0.39, 0.29) is 17.2 Å². The van der Waals surface area contributed by atoms with Gasteiger partial charge in [0, 0.05) is 24.3 Å². The number of hydrogen-bond acceptors (Lipinski definition) is 4. The molecule has 1 heterocycles. The molecule has 1 aromatic carbocycles. The van der Waals surface area contributed by atoms with E-state index in [1.807, 2.05) is 13.8 Å². The maximum absolute atomic E-state index is 12.0. The minimum absolute atomic E-state index is 0.162. The zero-order valence-electron chi connectivity index (χ0n) is 13.5. The van der Waals surface area contributed by atoms with Gasteiger partial charge in [-0.25, -0.2) is 4.79 Å². The summed E-state index contributed by atoms with van der Waals surface area (Å²) in [6.07, 6.45) is 0. The van der Waals surface area contributed by atoms with Crippen LogP contribution in [0.5, 0.6) is 0 Å². The van der Waals surface area contributed by atoms with E-state index < -0.39 is 16.8 Å². The second-order valence-electron chi connectivity index (χ2n) is 6.04. The zero-order chi connectivity index (χ0) is 17.4. The van der Waals surface area contributed by atoms with Crippen LogP contribution in [0.1, 0.15) is 38.6 Å². The summed E-state index contributed by atoms with van der Waals surface area (Å²) < 4.78 is -0.599. The summed E-state index contributed by atoms with van der Waals surface area (Å²) in [5, 5.41) is 11.8. The maximum Gasteiger partial charge on any atom is 0.327 e. The highest BCUT2D eigenvalue weighted by Crippen LogP contribution is 2.52. The monoisotopic (exact) mass is 336 g/mol. The number of carboxylic acids is 1.